The van der Waals surface area contributed by atoms with Crippen LogP contribution in [0.5, 0.6) is 0 Å². The zero-order valence-corrected chi connectivity index (χ0v) is 7.86. The van der Waals surface area contributed by atoms with Gasteiger partial charge in [0, 0.05) is 5.56 Å². The number of rotatable bonds is 2. The maximum atomic E-state index is 12.3. The summed E-state index contributed by atoms with van der Waals surface area (Å²) in [5.41, 5.74) is -1.27. The highest BCUT2D eigenvalue weighted by molar-refractivity contribution is 5.94. The van der Waals surface area contributed by atoms with E-state index in [2.05, 4.69) is 0 Å². The first kappa shape index (κ1) is 11.7. The molecular formula is C10H8F4O. The van der Waals surface area contributed by atoms with Crippen molar-refractivity contribution in [1.29, 1.82) is 0 Å². The second kappa shape index (κ2) is 4.00. The minimum atomic E-state index is -4.56. The van der Waals surface area contributed by atoms with Gasteiger partial charge in [0.2, 0.25) is 0 Å². The van der Waals surface area contributed by atoms with Gasteiger partial charge in [-0.05, 0) is 30.7 Å². The number of hydrogen-bond acceptors (Lipinski definition) is 1. The molecular weight excluding hydrogens is 212 g/mol. The van der Waals surface area contributed by atoms with Crippen molar-refractivity contribution in [3.63, 3.8) is 0 Å². The molecule has 0 unspecified atom stereocenters. The van der Waals surface area contributed by atoms with E-state index in [4.69, 9.17) is 0 Å². The number of ketones is 1. The summed E-state index contributed by atoms with van der Waals surface area (Å²) >= 11 is 0. The minimum Gasteiger partial charge on any atom is -0.295 e. The molecule has 5 heteroatoms. The Balaban J connectivity index is 3.30. The van der Waals surface area contributed by atoms with Crippen molar-refractivity contribution in [2.75, 3.05) is 0 Å². The largest absolute Gasteiger partial charge is 0.416 e. The summed E-state index contributed by atoms with van der Waals surface area (Å²) in [5, 5.41) is 0. The molecule has 0 heterocycles. The Labute approximate surface area is 83.7 Å². The Morgan fingerprint density at radius 1 is 1.27 bits per heavy atom. The Morgan fingerprint density at radius 2 is 1.87 bits per heavy atom. The number of Topliss-reactive ketones (excluding diaryl/α,β-unsaturated/α-hetero) is 1. The van der Waals surface area contributed by atoms with Gasteiger partial charge in [-0.25, -0.2) is 4.39 Å². The van der Waals surface area contributed by atoms with Crippen molar-refractivity contribution in [2.24, 2.45) is 0 Å². The lowest BCUT2D eigenvalue weighted by Gasteiger charge is -2.09. The third-order valence-electron chi connectivity index (χ3n) is 1.88. The molecule has 1 aromatic carbocycles. The average Bonchev–Trinajstić information content (AvgIpc) is 2.15. The number of carbonyl (C=O) groups excluding carboxylic acids is 1. The van der Waals surface area contributed by atoms with Gasteiger partial charge in [-0.3, -0.25) is 4.79 Å². The monoisotopic (exact) mass is 220 g/mol. The first-order chi connectivity index (χ1) is 6.84. The van der Waals surface area contributed by atoms with Gasteiger partial charge >= 0.3 is 6.18 Å². The maximum Gasteiger partial charge on any atom is 0.416 e. The molecule has 0 N–H and O–H groups in total. The third kappa shape index (κ3) is 2.78. The van der Waals surface area contributed by atoms with Crippen LogP contribution in [-0.2, 0) is 12.9 Å². The summed E-state index contributed by atoms with van der Waals surface area (Å²) < 4.78 is 49.2. The third-order valence-corrected chi connectivity index (χ3v) is 1.88. The van der Waals surface area contributed by atoms with E-state index in [-0.39, 0.29) is 11.1 Å². The van der Waals surface area contributed by atoms with Crippen LogP contribution >= 0.6 is 0 Å². The summed E-state index contributed by atoms with van der Waals surface area (Å²) in [6, 6.07) is 2.55. The first-order valence-corrected chi connectivity index (χ1v) is 4.12. The molecule has 1 rings (SSSR count). The summed E-state index contributed by atoms with van der Waals surface area (Å²) in [7, 11) is 0. The van der Waals surface area contributed by atoms with Gasteiger partial charge in [-0.1, -0.05) is 0 Å². The molecule has 1 nitrogen and oxygen atoms in total. The summed E-state index contributed by atoms with van der Waals surface area (Å²) in [4.78, 5) is 10.9. The van der Waals surface area contributed by atoms with Gasteiger partial charge in [0.15, 0.2) is 5.78 Å². The van der Waals surface area contributed by atoms with Crippen molar-refractivity contribution in [3.05, 3.63) is 34.9 Å². The lowest BCUT2D eigenvalue weighted by molar-refractivity contribution is -0.137. The molecule has 0 amide bonds. The molecule has 82 valence electrons. The minimum absolute atomic E-state index is 0.127. The van der Waals surface area contributed by atoms with Gasteiger partial charge in [0.25, 0.3) is 0 Å². The second-order valence-electron chi connectivity index (χ2n) is 3.11. The van der Waals surface area contributed by atoms with Crippen LogP contribution in [0.4, 0.5) is 17.6 Å². The van der Waals surface area contributed by atoms with E-state index in [0.717, 1.165) is 19.1 Å². The maximum absolute atomic E-state index is 12.3. The SMILES string of the molecule is CC(=O)c1cc(CF)cc(C(F)(F)F)c1. The predicted molar refractivity (Wildman–Crippen MR) is 46.3 cm³/mol. The molecule has 15 heavy (non-hydrogen) atoms. The van der Waals surface area contributed by atoms with Crippen molar-refractivity contribution >= 4 is 5.78 Å². The van der Waals surface area contributed by atoms with Gasteiger partial charge in [0.1, 0.15) is 6.67 Å². The molecule has 0 aromatic heterocycles. The standard InChI is InChI=1S/C10H8F4O/c1-6(15)8-2-7(5-11)3-9(4-8)10(12,13)14/h2-4H,5H2,1H3. The smallest absolute Gasteiger partial charge is 0.295 e. The van der Waals surface area contributed by atoms with E-state index in [1.807, 2.05) is 0 Å². The fourth-order valence-electron chi connectivity index (χ4n) is 1.14. The van der Waals surface area contributed by atoms with Crippen molar-refractivity contribution < 1.29 is 22.4 Å². The van der Waals surface area contributed by atoms with E-state index in [9.17, 15) is 22.4 Å². The van der Waals surface area contributed by atoms with Crippen LogP contribution in [0.1, 0.15) is 28.4 Å². The number of halogens is 4. The fourth-order valence-corrected chi connectivity index (χ4v) is 1.14. The van der Waals surface area contributed by atoms with E-state index >= 15 is 0 Å². The van der Waals surface area contributed by atoms with Crippen molar-refractivity contribution in [2.45, 2.75) is 19.8 Å². The van der Waals surface area contributed by atoms with Gasteiger partial charge < -0.3 is 0 Å². The Kier molecular flexibility index (Phi) is 3.12. The molecule has 0 atom stereocenters. The molecule has 0 saturated carbocycles. The quantitative estimate of drug-likeness (QED) is 0.551. The van der Waals surface area contributed by atoms with Crippen LogP contribution in [0.15, 0.2) is 18.2 Å². The normalized spacial score (nSPS) is 11.5. The van der Waals surface area contributed by atoms with Gasteiger partial charge in [-0.15, -0.1) is 0 Å². The summed E-state index contributed by atoms with van der Waals surface area (Å²) in [6.45, 7) is 0.113. The molecule has 0 spiro atoms. The van der Waals surface area contributed by atoms with Crippen LogP contribution in [0.25, 0.3) is 0 Å². The zero-order chi connectivity index (χ0) is 11.6. The Bertz CT molecular complexity index is 381. The van der Waals surface area contributed by atoms with Crippen LogP contribution in [0, 0.1) is 0 Å². The molecule has 0 aliphatic heterocycles. The molecule has 0 fully saturated rings. The number of hydrogen-bond donors (Lipinski definition) is 0. The molecule has 1 aromatic rings. The number of carbonyl (C=O) groups is 1. The molecule has 0 aliphatic rings. The lowest BCUT2D eigenvalue weighted by atomic mass is 10.0. The Hall–Kier alpha value is -1.39. The van der Waals surface area contributed by atoms with Crippen LogP contribution < -0.4 is 0 Å². The average molecular weight is 220 g/mol. The fraction of sp³-hybridized carbons (Fsp3) is 0.300. The van der Waals surface area contributed by atoms with Gasteiger partial charge in [-0.2, -0.15) is 13.2 Å². The number of benzene rings is 1. The predicted octanol–water partition coefficient (Wildman–Crippen LogP) is 3.38. The van der Waals surface area contributed by atoms with Gasteiger partial charge in [0.05, 0.1) is 5.56 Å². The van der Waals surface area contributed by atoms with Crippen LogP contribution in [-0.4, -0.2) is 5.78 Å². The molecule has 0 aliphatic carbocycles. The molecule has 0 bridgehead atoms. The highest BCUT2D eigenvalue weighted by Crippen LogP contribution is 2.31. The summed E-state index contributed by atoms with van der Waals surface area (Å²) in [5.74, 6) is -0.518. The highest BCUT2D eigenvalue weighted by Gasteiger charge is 2.31. The van der Waals surface area contributed by atoms with E-state index in [1.165, 1.54) is 0 Å². The number of alkyl halides is 4. The van der Waals surface area contributed by atoms with Crippen molar-refractivity contribution in [1.82, 2.24) is 0 Å². The van der Waals surface area contributed by atoms with E-state index in [0.29, 0.717) is 6.07 Å². The molecule has 0 saturated heterocycles. The Morgan fingerprint density at radius 3 is 2.27 bits per heavy atom. The molecule has 0 radical (unpaired) electrons. The zero-order valence-electron chi connectivity index (χ0n) is 7.86. The highest BCUT2D eigenvalue weighted by atomic mass is 19.4. The van der Waals surface area contributed by atoms with Crippen LogP contribution in [0.3, 0.4) is 0 Å². The summed E-state index contributed by atoms with van der Waals surface area (Å²) in [6.07, 6.45) is -4.56. The van der Waals surface area contributed by atoms with E-state index in [1.54, 1.807) is 0 Å². The van der Waals surface area contributed by atoms with E-state index < -0.39 is 24.2 Å². The first-order valence-electron chi connectivity index (χ1n) is 4.12. The lowest BCUT2D eigenvalue weighted by Crippen LogP contribution is -2.07. The van der Waals surface area contributed by atoms with Crippen LogP contribution in [0.2, 0.25) is 0 Å². The second-order valence-corrected chi connectivity index (χ2v) is 3.11. The van der Waals surface area contributed by atoms with Crippen molar-refractivity contribution in [3.8, 4) is 0 Å². The topological polar surface area (TPSA) is 17.1 Å².